The minimum atomic E-state index is -0.0473. The van der Waals surface area contributed by atoms with Crippen molar-refractivity contribution < 1.29 is 14.3 Å². The zero-order chi connectivity index (χ0) is 13.4. The van der Waals surface area contributed by atoms with Crippen LogP contribution >= 0.6 is 11.6 Å². The largest absolute Gasteiger partial charge is 0.454 e. The molecule has 19 heavy (non-hydrogen) atoms. The Hall–Kier alpha value is -1.46. The standard InChI is InChI=1S/C13H15ClN2O3/c1-16(9-2-3-15-6-9)13(17)8-4-10(14)12-11(5-8)18-7-19-12/h4-5,9,15H,2-3,6-7H2,1H3. The van der Waals surface area contributed by atoms with Gasteiger partial charge in [-0.2, -0.15) is 0 Å². The van der Waals surface area contributed by atoms with E-state index in [2.05, 4.69) is 5.32 Å². The molecule has 0 radical (unpaired) electrons. The molecule has 1 aromatic carbocycles. The van der Waals surface area contributed by atoms with Gasteiger partial charge in [-0.1, -0.05) is 11.6 Å². The molecule has 0 bridgehead atoms. The summed E-state index contributed by atoms with van der Waals surface area (Å²) in [6.07, 6.45) is 0.973. The van der Waals surface area contributed by atoms with Crippen molar-refractivity contribution >= 4 is 17.5 Å². The van der Waals surface area contributed by atoms with Crippen molar-refractivity contribution in [3.63, 3.8) is 0 Å². The highest BCUT2D eigenvalue weighted by Crippen LogP contribution is 2.40. The van der Waals surface area contributed by atoms with Crippen molar-refractivity contribution in [3.8, 4) is 11.5 Å². The molecular formula is C13H15ClN2O3. The van der Waals surface area contributed by atoms with Crippen molar-refractivity contribution in [1.82, 2.24) is 10.2 Å². The van der Waals surface area contributed by atoms with Gasteiger partial charge in [0.15, 0.2) is 11.5 Å². The molecule has 1 N–H and O–H groups in total. The van der Waals surface area contributed by atoms with E-state index in [1.807, 2.05) is 7.05 Å². The predicted molar refractivity (Wildman–Crippen MR) is 70.9 cm³/mol. The van der Waals surface area contributed by atoms with Gasteiger partial charge in [-0.05, 0) is 25.1 Å². The Kier molecular flexibility index (Phi) is 3.24. The zero-order valence-electron chi connectivity index (χ0n) is 10.6. The number of ether oxygens (including phenoxy) is 2. The Bertz CT molecular complexity index is 515. The lowest BCUT2D eigenvalue weighted by molar-refractivity contribution is 0.0743. The van der Waals surface area contributed by atoms with Gasteiger partial charge in [0, 0.05) is 25.2 Å². The summed E-state index contributed by atoms with van der Waals surface area (Å²) < 4.78 is 10.5. The Morgan fingerprint density at radius 3 is 3.05 bits per heavy atom. The Labute approximate surface area is 116 Å². The molecule has 1 amide bonds. The van der Waals surface area contributed by atoms with E-state index in [0.717, 1.165) is 19.5 Å². The Morgan fingerprint density at radius 2 is 2.32 bits per heavy atom. The fraction of sp³-hybridized carbons (Fsp3) is 0.462. The zero-order valence-corrected chi connectivity index (χ0v) is 11.4. The van der Waals surface area contributed by atoms with Gasteiger partial charge in [0.1, 0.15) is 0 Å². The first-order valence-electron chi connectivity index (χ1n) is 6.24. The van der Waals surface area contributed by atoms with Crippen molar-refractivity contribution in [3.05, 3.63) is 22.7 Å². The molecule has 1 saturated heterocycles. The van der Waals surface area contributed by atoms with Gasteiger partial charge in [0.25, 0.3) is 5.91 Å². The van der Waals surface area contributed by atoms with Crippen LogP contribution in [0.25, 0.3) is 0 Å². The van der Waals surface area contributed by atoms with Gasteiger partial charge >= 0.3 is 0 Å². The third kappa shape index (κ3) is 2.24. The van der Waals surface area contributed by atoms with Crippen LogP contribution in [-0.4, -0.2) is 43.8 Å². The molecule has 0 aliphatic carbocycles. The smallest absolute Gasteiger partial charge is 0.254 e. The van der Waals surface area contributed by atoms with Crippen LogP contribution in [0.4, 0.5) is 0 Å². The van der Waals surface area contributed by atoms with Gasteiger partial charge in [-0.15, -0.1) is 0 Å². The fourth-order valence-corrected chi connectivity index (χ4v) is 2.70. The number of halogens is 1. The van der Waals surface area contributed by atoms with Crippen LogP contribution < -0.4 is 14.8 Å². The number of rotatable bonds is 2. The quantitative estimate of drug-likeness (QED) is 0.893. The maximum Gasteiger partial charge on any atom is 0.254 e. The monoisotopic (exact) mass is 282 g/mol. The Balaban J connectivity index is 1.85. The van der Waals surface area contributed by atoms with Crippen LogP contribution in [0, 0.1) is 0 Å². The molecule has 6 heteroatoms. The molecule has 1 fully saturated rings. The number of likely N-dealkylation sites (N-methyl/N-ethyl adjacent to an activating group) is 1. The Morgan fingerprint density at radius 1 is 1.47 bits per heavy atom. The van der Waals surface area contributed by atoms with E-state index >= 15 is 0 Å². The maximum absolute atomic E-state index is 12.4. The van der Waals surface area contributed by atoms with Gasteiger partial charge in [-0.25, -0.2) is 0 Å². The molecule has 3 rings (SSSR count). The summed E-state index contributed by atoms with van der Waals surface area (Å²) in [5.74, 6) is 1.01. The summed E-state index contributed by atoms with van der Waals surface area (Å²) in [6, 6.07) is 3.56. The van der Waals surface area contributed by atoms with E-state index in [-0.39, 0.29) is 18.7 Å². The molecule has 102 valence electrons. The second-order valence-corrected chi connectivity index (χ2v) is 5.16. The maximum atomic E-state index is 12.4. The number of nitrogens with one attached hydrogen (secondary N) is 1. The SMILES string of the molecule is CN(C(=O)c1cc(Cl)c2c(c1)OCO2)C1CCNC1. The van der Waals surface area contributed by atoms with Crippen LogP contribution in [0.1, 0.15) is 16.8 Å². The third-order valence-corrected chi connectivity index (χ3v) is 3.86. The number of hydrogen-bond acceptors (Lipinski definition) is 4. The van der Waals surface area contributed by atoms with Crippen molar-refractivity contribution in [1.29, 1.82) is 0 Å². The number of fused-ring (bicyclic) bond motifs is 1. The second-order valence-electron chi connectivity index (χ2n) is 4.75. The number of benzene rings is 1. The van der Waals surface area contributed by atoms with Crippen LogP contribution in [0.3, 0.4) is 0 Å². The molecule has 1 unspecified atom stereocenters. The summed E-state index contributed by atoms with van der Waals surface area (Å²) >= 11 is 6.10. The average molecular weight is 283 g/mol. The average Bonchev–Trinajstić information content (AvgIpc) is 3.07. The summed E-state index contributed by atoms with van der Waals surface area (Å²) in [7, 11) is 1.82. The molecule has 1 atom stereocenters. The molecule has 2 heterocycles. The first-order chi connectivity index (χ1) is 9.16. The second kappa shape index (κ2) is 4.90. The van der Waals surface area contributed by atoms with E-state index in [0.29, 0.717) is 22.1 Å². The van der Waals surface area contributed by atoms with E-state index in [4.69, 9.17) is 21.1 Å². The highest BCUT2D eigenvalue weighted by Gasteiger charge is 2.26. The lowest BCUT2D eigenvalue weighted by atomic mass is 10.1. The predicted octanol–water partition coefficient (Wildman–Crippen LogP) is 1.50. The topological polar surface area (TPSA) is 50.8 Å². The molecule has 0 aromatic heterocycles. The molecule has 5 nitrogen and oxygen atoms in total. The summed E-state index contributed by atoms with van der Waals surface area (Å²) in [5, 5.41) is 3.66. The van der Waals surface area contributed by atoms with Crippen molar-refractivity contribution in [2.24, 2.45) is 0 Å². The molecular weight excluding hydrogens is 268 g/mol. The fourth-order valence-electron chi connectivity index (χ4n) is 2.43. The number of nitrogens with zero attached hydrogens (tertiary/aromatic N) is 1. The summed E-state index contributed by atoms with van der Waals surface area (Å²) in [4.78, 5) is 14.2. The van der Waals surface area contributed by atoms with E-state index < -0.39 is 0 Å². The lowest BCUT2D eigenvalue weighted by Gasteiger charge is -2.24. The molecule has 0 saturated carbocycles. The minimum absolute atomic E-state index is 0.0473. The summed E-state index contributed by atoms with van der Waals surface area (Å²) in [6.45, 7) is 1.93. The van der Waals surface area contributed by atoms with Crippen LogP contribution in [0.5, 0.6) is 11.5 Å². The summed E-state index contributed by atoms with van der Waals surface area (Å²) in [5.41, 5.74) is 0.531. The molecule has 1 aromatic rings. The molecule has 2 aliphatic heterocycles. The lowest BCUT2D eigenvalue weighted by Crippen LogP contribution is -2.38. The highest BCUT2D eigenvalue weighted by molar-refractivity contribution is 6.32. The van der Waals surface area contributed by atoms with E-state index in [9.17, 15) is 4.79 Å². The molecule has 0 spiro atoms. The van der Waals surface area contributed by atoms with E-state index in [1.54, 1.807) is 17.0 Å². The number of carbonyl (C=O) groups is 1. The van der Waals surface area contributed by atoms with Crippen LogP contribution in [0.2, 0.25) is 5.02 Å². The van der Waals surface area contributed by atoms with Crippen molar-refractivity contribution in [2.75, 3.05) is 26.9 Å². The third-order valence-electron chi connectivity index (χ3n) is 3.58. The first kappa shape index (κ1) is 12.6. The van der Waals surface area contributed by atoms with Gasteiger partial charge in [-0.3, -0.25) is 4.79 Å². The van der Waals surface area contributed by atoms with Gasteiger partial charge in [0.2, 0.25) is 6.79 Å². The number of hydrogen-bond donors (Lipinski definition) is 1. The van der Waals surface area contributed by atoms with Gasteiger partial charge in [0.05, 0.1) is 5.02 Å². The highest BCUT2D eigenvalue weighted by atomic mass is 35.5. The number of carbonyl (C=O) groups excluding carboxylic acids is 1. The molecule has 2 aliphatic rings. The first-order valence-corrected chi connectivity index (χ1v) is 6.61. The van der Waals surface area contributed by atoms with Gasteiger partial charge < -0.3 is 19.7 Å². The normalized spacial score (nSPS) is 20.6. The number of amides is 1. The van der Waals surface area contributed by atoms with Crippen LogP contribution in [0.15, 0.2) is 12.1 Å². The van der Waals surface area contributed by atoms with E-state index in [1.165, 1.54) is 0 Å². The minimum Gasteiger partial charge on any atom is -0.454 e. The van der Waals surface area contributed by atoms with Crippen LogP contribution in [-0.2, 0) is 0 Å². The van der Waals surface area contributed by atoms with Crippen molar-refractivity contribution in [2.45, 2.75) is 12.5 Å².